The zero-order chi connectivity index (χ0) is 20.6. The number of nitrogens with one attached hydrogen (secondary N) is 2. The quantitative estimate of drug-likeness (QED) is 0.218. The number of fused-ring (bicyclic) bond motifs is 6. The molecular weight excluding hydrogens is 500 g/mol. The van der Waals surface area contributed by atoms with E-state index in [0.29, 0.717) is 0 Å². The highest BCUT2D eigenvalue weighted by Gasteiger charge is 2.12. The fourth-order valence-corrected chi connectivity index (χ4v) is 5.89. The SMILES string of the molecule is Cc1cc(Br)c2[nH]c3ccc(-c4ccc5[nH]c6c(Br)cc(C)cc6c5c4)cc3c2c1. The van der Waals surface area contributed by atoms with E-state index in [4.69, 9.17) is 0 Å². The summed E-state index contributed by atoms with van der Waals surface area (Å²) in [5.74, 6) is 0. The predicted octanol–water partition coefficient (Wildman–Crippen LogP) is 8.76. The highest BCUT2D eigenvalue weighted by molar-refractivity contribution is 9.11. The molecule has 2 heterocycles. The first-order chi connectivity index (χ1) is 14.5. The number of rotatable bonds is 1. The molecule has 0 aliphatic rings. The summed E-state index contributed by atoms with van der Waals surface area (Å²) in [5.41, 5.74) is 9.58. The van der Waals surface area contributed by atoms with Gasteiger partial charge < -0.3 is 9.97 Å². The summed E-state index contributed by atoms with van der Waals surface area (Å²) in [5, 5.41) is 5.02. The van der Waals surface area contributed by atoms with Gasteiger partial charge in [0.15, 0.2) is 0 Å². The number of H-pyrrole nitrogens is 2. The van der Waals surface area contributed by atoms with E-state index in [1.165, 1.54) is 43.8 Å². The van der Waals surface area contributed by atoms with Crippen molar-refractivity contribution in [1.82, 2.24) is 9.97 Å². The zero-order valence-electron chi connectivity index (χ0n) is 16.5. The van der Waals surface area contributed by atoms with Gasteiger partial charge in [0.25, 0.3) is 0 Å². The molecule has 6 rings (SSSR count). The summed E-state index contributed by atoms with van der Waals surface area (Å²) in [6.07, 6.45) is 0. The third-order valence-electron chi connectivity index (χ3n) is 5.94. The van der Waals surface area contributed by atoms with E-state index < -0.39 is 0 Å². The summed E-state index contributed by atoms with van der Waals surface area (Å²) in [4.78, 5) is 7.11. The zero-order valence-corrected chi connectivity index (χ0v) is 19.7. The molecule has 6 aromatic rings. The molecule has 0 spiro atoms. The number of hydrogen-bond donors (Lipinski definition) is 2. The van der Waals surface area contributed by atoms with Crippen molar-refractivity contribution in [3.05, 3.63) is 80.7 Å². The van der Waals surface area contributed by atoms with Crippen molar-refractivity contribution >= 4 is 75.5 Å². The normalized spacial score (nSPS) is 12.0. The molecule has 0 aliphatic heterocycles. The van der Waals surface area contributed by atoms with Gasteiger partial charge in [0.2, 0.25) is 0 Å². The number of halogens is 2. The second-order valence-electron chi connectivity index (χ2n) is 8.11. The molecule has 0 aliphatic carbocycles. The molecule has 0 radical (unpaired) electrons. The van der Waals surface area contributed by atoms with Gasteiger partial charge in [-0.25, -0.2) is 0 Å². The van der Waals surface area contributed by atoms with Crippen molar-refractivity contribution in [1.29, 1.82) is 0 Å². The van der Waals surface area contributed by atoms with Crippen LogP contribution in [-0.2, 0) is 0 Å². The van der Waals surface area contributed by atoms with E-state index in [0.717, 1.165) is 31.0 Å². The summed E-state index contributed by atoms with van der Waals surface area (Å²) in [6, 6.07) is 22.2. The Morgan fingerprint density at radius 3 is 1.40 bits per heavy atom. The smallest absolute Gasteiger partial charge is 0.0609 e. The van der Waals surface area contributed by atoms with E-state index in [2.05, 4.69) is 116 Å². The molecule has 30 heavy (non-hydrogen) atoms. The van der Waals surface area contributed by atoms with Gasteiger partial charge in [-0.2, -0.15) is 0 Å². The summed E-state index contributed by atoms with van der Waals surface area (Å²) in [6.45, 7) is 4.27. The molecule has 0 bridgehead atoms. The molecule has 0 atom stereocenters. The van der Waals surface area contributed by atoms with Crippen molar-refractivity contribution in [3.63, 3.8) is 0 Å². The van der Waals surface area contributed by atoms with Gasteiger partial charge in [0, 0.05) is 41.5 Å². The van der Waals surface area contributed by atoms with Crippen LogP contribution in [0.1, 0.15) is 11.1 Å². The Hall–Kier alpha value is -2.56. The summed E-state index contributed by atoms with van der Waals surface area (Å²) in [7, 11) is 0. The third kappa shape index (κ3) is 2.67. The maximum atomic E-state index is 3.71. The second kappa shape index (κ2) is 6.47. The lowest BCUT2D eigenvalue weighted by Crippen LogP contribution is -1.79. The van der Waals surface area contributed by atoms with E-state index in [-0.39, 0.29) is 0 Å². The molecule has 0 amide bonds. The van der Waals surface area contributed by atoms with Crippen LogP contribution in [0.15, 0.2) is 69.6 Å². The van der Waals surface area contributed by atoms with Gasteiger partial charge >= 0.3 is 0 Å². The Kier molecular flexibility index (Phi) is 3.93. The van der Waals surface area contributed by atoms with Crippen LogP contribution >= 0.6 is 31.9 Å². The van der Waals surface area contributed by atoms with Crippen LogP contribution in [0.4, 0.5) is 0 Å². The van der Waals surface area contributed by atoms with Crippen molar-refractivity contribution in [2.24, 2.45) is 0 Å². The standard InChI is InChI=1S/C26H18Br2N2/c1-13-7-19-17-11-15(3-5-23(17)29-25(19)21(27)9-13)16-4-6-24-18(12-16)20-8-14(2)10-22(28)26(20)30-24/h3-12,29-30H,1-2H3. The molecule has 0 saturated heterocycles. The van der Waals surface area contributed by atoms with Crippen LogP contribution < -0.4 is 0 Å². The molecule has 0 fully saturated rings. The maximum absolute atomic E-state index is 3.71. The van der Waals surface area contributed by atoms with E-state index in [1.807, 2.05) is 0 Å². The Labute approximate surface area is 190 Å². The van der Waals surface area contributed by atoms with Crippen molar-refractivity contribution < 1.29 is 0 Å². The Morgan fingerprint density at radius 1 is 0.533 bits per heavy atom. The molecule has 146 valence electrons. The van der Waals surface area contributed by atoms with Gasteiger partial charge in [0.05, 0.1) is 11.0 Å². The minimum atomic E-state index is 1.11. The van der Waals surface area contributed by atoms with E-state index >= 15 is 0 Å². The van der Waals surface area contributed by atoms with Crippen molar-refractivity contribution in [2.75, 3.05) is 0 Å². The van der Waals surface area contributed by atoms with Gasteiger partial charge in [-0.3, -0.25) is 0 Å². The second-order valence-corrected chi connectivity index (χ2v) is 9.82. The number of benzene rings is 4. The molecule has 2 N–H and O–H groups in total. The first-order valence-corrected chi connectivity index (χ1v) is 11.5. The Bertz CT molecular complexity index is 1510. The molecule has 2 nitrogen and oxygen atoms in total. The topological polar surface area (TPSA) is 31.6 Å². The monoisotopic (exact) mass is 516 g/mol. The highest BCUT2D eigenvalue weighted by Crippen LogP contribution is 2.37. The third-order valence-corrected chi connectivity index (χ3v) is 7.19. The van der Waals surface area contributed by atoms with E-state index in [1.54, 1.807) is 0 Å². The number of hydrogen-bond acceptors (Lipinski definition) is 0. The van der Waals surface area contributed by atoms with Crippen molar-refractivity contribution in [3.8, 4) is 11.1 Å². The van der Waals surface area contributed by atoms with Gasteiger partial charge in [-0.05, 0) is 116 Å². The average Bonchev–Trinajstić information content (AvgIpc) is 3.26. The average molecular weight is 518 g/mol. The minimum absolute atomic E-state index is 1.11. The van der Waals surface area contributed by atoms with Crippen LogP contribution in [0.2, 0.25) is 0 Å². The van der Waals surface area contributed by atoms with Crippen LogP contribution in [0.3, 0.4) is 0 Å². The first-order valence-electron chi connectivity index (χ1n) is 9.91. The molecule has 4 heteroatoms. The lowest BCUT2D eigenvalue weighted by Gasteiger charge is -2.04. The highest BCUT2D eigenvalue weighted by atomic mass is 79.9. The molecule has 0 saturated carbocycles. The molecular formula is C26H18Br2N2. The Morgan fingerprint density at radius 2 is 0.967 bits per heavy atom. The predicted molar refractivity (Wildman–Crippen MR) is 135 cm³/mol. The van der Waals surface area contributed by atoms with Crippen LogP contribution in [0, 0.1) is 13.8 Å². The molecule has 2 aromatic heterocycles. The molecule has 0 unspecified atom stereocenters. The minimum Gasteiger partial charge on any atom is -0.354 e. The summed E-state index contributed by atoms with van der Waals surface area (Å²) >= 11 is 7.42. The lowest BCUT2D eigenvalue weighted by molar-refractivity contribution is 1.46. The number of aromatic amines is 2. The number of aromatic nitrogens is 2. The molecule has 4 aromatic carbocycles. The van der Waals surface area contributed by atoms with Crippen molar-refractivity contribution in [2.45, 2.75) is 13.8 Å². The number of aryl methyl sites for hydroxylation is 2. The Balaban J connectivity index is 1.60. The fourth-order valence-electron chi connectivity index (χ4n) is 4.54. The van der Waals surface area contributed by atoms with Gasteiger partial charge in [-0.1, -0.05) is 12.1 Å². The van der Waals surface area contributed by atoms with Gasteiger partial charge in [-0.15, -0.1) is 0 Å². The van der Waals surface area contributed by atoms with E-state index in [9.17, 15) is 0 Å². The fraction of sp³-hybridized carbons (Fsp3) is 0.0769. The largest absolute Gasteiger partial charge is 0.354 e. The lowest BCUT2D eigenvalue weighted by atomic mass is 10.00. The van der Waals surface area contributed by atoms with Crippen LogP contribution in [0.5, 0.6) is 0 Å². The summed E-state index contributed by atoms with van der Waals surface area (Å²) < 4.78 is 2.22. The van der Waals surface area contributed by atoms with Crippen LogP contribution in [-0.4, -0.2) is 9.97 Å². The first kappa shape index (κ1) is 18.2. The van der Waals surface area contributed by atoms with Gasteiger partial charge in [0.1, 0.15) is 0 Å². The maximum Gasteiger partial charge on any atom is 0.0609 e. The van der Waals surface area contributed by atoms with Crippen LogP contribution in [0.25, 0.3) is 54.7 Å².